The van der Waals surface area contributed by atoms with Crippen LogP contribution in [0, 0.1) is 0 Å². The molecule has 3 aromatic rings. The summed E-state index contributed by atoms with van der Waals surface area (Å²) in [5.74, 6) is 1.65. The van der Waals surface area contributed by atoms with Gasteiger partial charge < -0.3 is 14.7 Å². The summed E-state index contributed by atoms with van der Waals surface area (Å²) in [5.41, 5.74) is 2.10. The smallest absolute Gasteiger partial charge is 0.291 e. The molecule has 5 rings (SSSR count). The number of fused-ring (bicyclic) bond motifs is 1. The molecule has 0 unspecified atom stereocenters. The molecule has 1 aromatic carbocycles. The van der Waals surface area contributed by atoms with Gasteiger partial charge in [-0.25, -0.2) is 0 Å². The maximum Gasteiger partial charge on any atom is 0.291 e. The van der Waals surface area contributed by atoms with Gasteiger partial charge in [0.2, 0.25) is 5.89 Å². The first-order chi connectivity index (χ1) is 13.8. The van der Waals surface area contributed by atoms with Crippen molar-refractivity contribution < 1.29 is 4.52 Å². The minimum absolute atomic E-state index is 0.349. The number of likely N-dealkylation sites (tertiary alicyclic amines) is 1. The molecule has 4 heterocycles. The summed E-state index contributed by atoms with van der Waals surface area (Å²) in [4.78, 5) is 7.30. The van der Waals surface area contributed by atoms with Gasteiger partial charge in [0.25, 0.3) is 5.95 Å². The Morgan fingerprint density at radius 3 is 2.82 bits per heavy atom. The third kappa shape index (κ3) is 3.33. The molecule has 7 nitrogen and oxygen atoms in total. The van der Waals surface area contributed by atoms with Gasteiger partial charge in [-0.15, -0.1) is 0 Å². The van der Waals surface area contributed by atoms with Gasteiger partial charge >= 0.3 is 0 Å². The molecule has 0 bridgehead atoms. The number of hydrogen-bond donors (Lipinski definition) is 1. The Bertz CT molecular complexity index is 933. The summed E-state index contributed by atoms with van der Waals surface area (Å²) in [7, 11) is 0. The minimum atomic E-state index is 0.349. The zero-order valence-corrected chi connectivity index (χ0v) is 16.5. The van der Waals surface area contributed by atoms with E-state index in [4.69, 9.17) is 14.6 Å². The van der Waals surface area contributed by atoms with E-state index in [0.29, 0.717) is 17.9 Å². The van der Waals surface area contributed by atoms with Gasteiger partial charge in [0, 0.05) is 23.9 Å². The Hall–Kier alpha value is -2.25. The van der Waals surface area contributed by atoms with Crippen LogP contribution in [0.25, 0.3) is 16.9 Å². The fraction of sp³-hybridized carbons (Fsp3) is 0.571. The Kier molecular flexibility index (Phi) is 4.86. The van der Waals surface area contributed by atoms with Crippen LogP contribution < -0.4 is 5.32 Å². The molecule has 0 saturated carbocycles. The fourth-order valence-corrected chi connectivity index (χ4v) is 4.61. The lowest BCUT2D eigenvalue weighted by molar-refractivity contribution is 0.181. The van der Waals surface area contributed by atoms with E-state index in [9.17, 15) is 0 Å². The number of nitrogens with one attached hydrogen (secondary N) is 1. The van der Waals surface area contributed by atoms with Crippen molar-refractivity contribution in [3.05, 3.63) is 35.9 Å². The Labute approximate surface area is 165 Å². The second-order valence-corrected chi connectivity index (χ2v) is 8.03. The Morgan fingerprint density at radius 1 is 1.18 bits per heavy atom. The van der Waals surface area contributed by atoms with E-state index in [1.807, 2.05) is 16.8 Å². The monoisotopic (exact) mass is 380 g/mol. The summed E-state index contributed by atoms with van der Waals surface area (Å²) >= 11 is 0. The van der Waals surface area contributed by atoms with Crippen LogP contribution >= 0.6 is 0 Å². The summed E-state index contributed by atoms with van der Waals surface area (Å²) in [6.07, 6.45) is 5.66. The molecule has 0 amide bonds. The normalized spacial score (nSPS) is 21.7. The summed E-state index contributed by atoms with van der Waals surface area (Å²) in [6.45, 7) is 6.67. The number of aryl methyl sites for hydroxylation is 1. The molecule has 0 spiro atoms. The van der Waals surface area contributed by atoms with E-state index in [1.165, 1.54) is 25.9 Å². The van der Waals surface area contributed by atoms with E-state index in [2.05, 4.69) is 34.4 Å². The van der Waals surface area contributed by atoms with Crippen molar-refractivity contribution in [3.63, 3.8) is 0 Å². The summed E-state index contributed by atoms with van der Waals surface area (Å²) in [5, 5.41) is 13.7. The quantitative estimate of drug-likeness (QED) is 0.734. The second kappa shape index (κ2) is 7.64. The highest BCUT2D eigenvalue weighted by Gasteiger charge is 2.27. The molecule has 28 heavy (non-hydrogen) atoms. The predicted octanol–water partition coefficient (Wildman–Crippen LogP) is 2.90. The Balaban J connectivity index is 1.29. The van der Waals surface area contributed by atoms with Crippen LogP contribution in [0.1, 0.15) is 50.1 Å². The number of piperidine rings is 1. The van der Waals surface area contributed by atoms with Crippen molar-refractivity contribution in [2.24, 2.45) is 0 Å². The zero-order chi connectivity index (χ0) is 18.9. The van der Waals surface area contributed by atoms with Crippen LogP contribution in [0.15, 0.2) is 28.8 Å². The van der Waals surface area contributed by atoms with Crippen LogP contribution in [-0.4, -0.2) is 57.0 Å². The van der Waals surface area contributed by atoms with E-state index in [0.717, 1.165) is 54.8 Å². The van der Waals surface area contributed by atoms with Gasteiger partial charge in [-0.05, 0) is 63.0 Å². The van der Waals surface area contributed by atoms with Crippen molar-refractivity contribution in [3.8, 4) is 5.95 Å². The number of rotatable bonds is 5. The molecule has 2 aliphatic heterocycles. The molecule has 2 fully saturated rings. The molecule has 2 saturated heterocycles. The first-order valence-electron chi connectivity index (χ1n) is 10.6. The van der Waals surface area contributed by atoms with Gasteiger partial charge in [0.15, 0.2) is 0 Å². The number of aromatic nitrogens is 4. The van der Waals surface area contributed by atoms with E-state index >= 15 is 0 Å². The topological polar surface area (TPSA) is 72.0 Å². The third-order valence-corrected chi connectivity index (χ3v) is 6.20. The third-order valence-electron chi connectivity index (χ3n) is 6.20. The van der Waals surface area contributed by atoms with Crippen LogP contribution in [0.3, 0.4) is 0 Å². The predicted molar refractivity (Wildman–Crippen MR) is 108 cm³/mol. The van der Waals surface area contributed by atoms with Crippen molar-refractivity contribution >= 4 is 10.9 Å². The van der Waals surface area contributed by atoms with Gasteiger partial charge in [-0.2, -0.15) is 14.8 Å². The van der Waals surface area contributed by atoms with Crippen LogP contribution in [0.2, 0.25) is 0 Å². The molecular formula is C21H28N6O. The molecular weight excluding hydrogens is 352 g/mol. The summed E-state index contributed by atoms with van der Waals surface area (Å²) < 4.78 is 7.49. The van der Waals surface area contributed by atoms with Gasteiger partial charge in [-0.1, -0.05) is 25.1 Å². The van der Waals surface area contributed by atoms with Gasteiger partial charge in [0.1, 0.15) is 0 Å². The van der Waals surface area contributed by atoms with E-state index in [1.54, 1.807) is 0 Å². The Morgan fingerprint density at radius 2 is 2.04 bits per heavy atom. The molecule has 2 aliphatic rings. The standard InChI is InChI=1S/C21H28N6O/c1-2-18-17-7-3-4-8-19(17)27(24-18)21-23-20(28-25-21)15-9-12-26(13-10-15)14-16-6-5-11-22-16/h3-4,7-8,15-16,22H,2,5-6,9-14H2,1H3/t16-/m1/s1. The van der Waals surface area contributed by atoms with Gasteiger partial charge in [0.05, 0.1) is 11.2 Å². The lowest BCUT2D eigenvalue weighted by Gasteiger charge is -2.32. The second-order valence-electron chi connectivity index (χ2n) is 8.03. The molecule has 0 radical (unpaired) electrons. The molecule has 7 heteroatoms. The highest BCUT2D eigenvalue weighted by molar-refractivity contribution is 5.83. The van der Waals surface area contributed by atoms with Crippen molar-refractivity contribution in [1.82, 2.24) is 30.1 Å². The number of benzene rings is 1. The molecule has 148 valence electrons. The lowest BCUT2D eigenvalue weighted by Crippen LogP contribution is -2.41. The lowest BCUT2D eigenvalue weighted by atomic mass is 9.96. The maximum atomic E-state index is 5.67. The van der Waals surface area contributed by atoms with Gasteiger partial charge in [-0.3, -0.25) is 0 Å². The van der Waals surface area contributed by atoms with Crippen LogP contribution in [-0.2, 0) is 6.42 Å². The largest absolute Gasteiger partial charge is 0.337 e. The fourth-order valence-electron chi connectivity index (χ4n) is 4.61. The van der Waals surface area contributed by atoms with Crippen molar-refractivity contribution in [2.75, 3.05) is 26.2 Å². The molecule has 2 aromatic heterocycles. The number of hydrogen-bond acceptors (Lipinski definition) is 6. The highest BCUT2D eigenvalue weighted by atomic mass is 16.5. The van der Waals surface area contributed by atoms with Crippen molar-refractivity contribution in [2.45, 2.75) is 51.0 Å². The maximum absolute atomic E-state index is 5.67. The summed E-state index contributed by atoms with van der Waals surface area (Å²) in [6, 6.07) is 8.91. The minimum Gasteiger partial charge on any atom is -0.337 e. The zero-order valence-electron chi connectivity index (χ0n) is 16.5. The first kappa shape index (κ1) is 17.8. The van der Waals surface area contributed by atoms with Crippen molar-refractivity contribution in [1.29, 1.82) is 0 Å². The average Bonchev–Trinajstić information content (AvgIpc) is 3.48. The SMILES string of the molecule is CCc1nn(-c2noc(C3CCN(C[C@H]4CCCN4)CC3)n2)c2ccccc12. The average molecular weight is 380 g/mol. The van der Waals surface area contributed by atoms with Crippen LogP contribution in [0.4, 0.5) is 0 Å². The number of para-hydroxylation sites is 1. The van der Waals surface area contributed by atoms with E-state index < -0.39 is 0 Å². The molecule has 0 aliphatic carbocycles. The van der Waals surface area contributed by atoms with E-state index in [-0.39, 0.29) is 0 Å². The molecule has 1 atom stereocenters. The first-order valence-corrected chi connectivity index (χ1v) is 10.6. The van der Waals surface area contributed by atoms with Crippen LogP contribution in [0.5, 0.6) is 0 Å². The highest BCUT2D eigenvalue weighted by Crippen LogP contribution is 2.28. The number of nitrogens with zero attached hydrogens (tertiary/aromatic N) is 5. The molecule has 1 N–H and O–H groups in total.